The van der Waals surface area contributed by atoms with Crippen LogP contribution in [-0.2, 0) is 5.41 Å². The Morgan fingerprint density at radius 1 is 0.286 bits per heavy atom. The van der Waals surface area contributed by atoms with Crippen LogP contribution in [0, 0.1) is 0 Å². The highest BCUT2D eigenvalue weighted by molar-refractivity contribution is 7.21. The molecule has 0 fully saturated rings. The highest BCUT2D eigenvalue weighted by atomic mass is 28.3. The Bertz CT molecular complexity index is 4490. The Labute approximate surface area is 450 Å². The van der Waals surface area contributed by atoms with Gasteiger partial charge >= 0.3 is 0 Å². The van der Waals surface area contributed by atoms with E-state index in [1.807, 2.05) is 0 Å². The van der Waals surface area contributed by atoms with Gasteiger partial charge in [0.25, 0.3) is 0 Å². The zero-order valence-electron chi connectivity index (χ0n) is 42.3. The van der Waals surface area contributed by atoms with Gasteiger partial charge in [-0.3, -0.25) is 0 Å². The third-order valence-corrected chi connectivity index (χ3v) is 27.2. The van der Waals surface area contributed by atoms with Crippen molar-refractivity contribution >= 4 is 101 Å². The van der Waals surface area contributed by atoms with E-state index in [2.05, 4.69) is 312 Å². The van der Waals surface area contributed by atoms with E-state index in [0.29, 0.717) is 0 Å². The Balaban J connectivity index is 1.06. The van der Waals surface area contributed by atoms with Gasteiger partial charge in [0.2, 0.25) is 0 Å². The minimum absolute atomic E-state index is 0.674. The molecule has 0 amide bonds. The third-order valence-electron chi connectivity index (χ3n) is 17.6. The molecule has 2 aromatic heterocycles. The smallest absolute Gasteiger partial charge is 0.180 e. The number of nitrogens with zero attached hydrogens (tertiary/aromatic N) is 2. The molecule has 0 unspecified atom stereocenters. The third kappa shape index (κ3) is 5.83. The maximum Gasteiger partial charge on any atom is 0.180 e. The maximum atomic E-state index is 2.65. The first-order chi connectivity index (χ1) is 38.2. The van der Waals surface area contributed by atoms with E-state index in [4.69, 9.17) is 0 Å². The van der Waals surface area contributed by atoms with Crippen molar-refractivity contribution in [1.29, 1.82) is 0 Å². The molecule has 0 saturated heterocycles. The van der Waals surface area contributed by atoms with Crippen molar-refractivity contribution in [2.45, 2.75) is 5.41 Å². The van der Waals surface area contributed by atoms with Crippen LogP contribution in [0.1, 0.15) is 22.3 Å². The van der Waals surface area contributed by atoms with Gasteiger partial charge in [-0.15, -0.1) is 0 Å². The minimum atomic E-state index is -3.19. The molecule has 4 heteroatoms. The summed E-state index contributed by atoms with van der Waals surface area (Å²) in [5, 5.41) is 16.1. The normalized spacial score (nSPS) is 13.9. The van der Waals surface area contributed by atoms with Crippen LogP contribution in [0.2, 0.25) is 0 Å². The van der Waals surface area contributed by atoms with E-state index in [0.717, 1.165) is 5.69 Å². The lowest BCUT2D eigenvalue weighted by Gasteiger charge is -2.51. The fourth-order valence-corrected chi connectivity index (χ4v) is 24.8. The molecule has 0 aliphatic carbocycles. The van der Waals surface area contributed by atoms with E-state index in [-0.39, 0.29) is 0 Å². The minimum Gasteiger partial charge on any atom is -0.309 e. The molecule has 0 atom stereocenters. The summed E-state index contributed by atoms with van der Waals surface area (Å²) < 4.78 is 5.09. The number of rotatable bonds is 7. The predicted octanol–water partition coefficient (Wildman–Crippen LogP) is 11.6. The SMILES string of the molecule is c1ccc(-n2c3ccccc3c3cc([Si](c4ccccc4)(c4ccccc4)c4ccc5c(c4)-n4c6ccccc6c6cccc(c64)C54c5ccccc5[Si](c5ccccc5)(c5ccccc5)c5ccccc54)ccc32)cc1. The maximum absolute atomic E-state index is 3.19. The average Bonchev–Trinajstić information content (AvgIpc) is 4.25. The van der Waals surface area contributed by atoms with Crippen LogP contribution in [0.4, 0.5) is 0 Å². The van der Waals surface area contributed by atoms with Crippen LogP contribution in [0.15, 0.2) is 303 Å². The largest absolute Gasteiger partial charge is 0.309 e. The predicted molar refractivity (Wildman–Crippen MR) is 328 cm³/mol. The molecule has 0 N–H and O–H groups in total. The van der Waals surface area contributed by atoms with Gasteiger partial charge in [0.15, 0.2) is 16.1 Å². The van der Waals surface area contributed by atoms with Gasteiger partial charge in [0.05, 0.1) is 33.2 Å². The van der Waals surface area contributed by atoms with E-state index in [1.165, 1.54) is 113 Å². The number of benzene rings is 12. The second-order valence-corrected chi connectivity index (χ2v) is 28.6. The van der Waals surface area contributed by atoms with Crippen LogP contribution in [0.3, 0.4) is 0 Å². The Kier molecular flexibility index (Phi) is 9.63. The van der Waals surface area contributed by atoms with Crippen molar-refractivity contribution < 1.29 is 0 Å². The van der Waals surface area contributed by atoms with Gasteiger partial charge in [0.1, 0.15) is 0 Å². The molecule has 14 aromatic rings. The quantitative estimate of drug-likeness (QED) is 0.111. The second-order valence-electron chi connectivity index (χ2n) is 21.0. The first-order valence-corrected chi connectivity index (χ1v) is 30.9. The van der Waals surface area contributed by atoms with Crippen molar-refractivity contribution in [3.8, 4) is 11.4 Å². The van der Waals surface area contributed by atoms with Gasteiger partial charge in [-0.2, -0.15) is 0 Å². The fraction of sp³-hybridized carbons (Fsp3) is 0.0137. The highest BCUT2D eigenvalue weighted by Crippen LogP contribution is 2.55. The van der Waals surface area contributed by atoms with Crippen LogP contribution in [0.25, 0.3) is 55.0 Å². The monoisotopic (exact) mass is 1010 g/mol. The first-order valence-electron chi connectivity index (χ1n) is 26.9. The Hall–Kier alpha value is -9.33. The summed E-state index contributed by atoms with van der Waals surface area (Å²) in [6.07, 6.45) is 0. The summed E-state index contributed by atoms with van der Waals surface area (Å²) in [6.45, 7) is 0. The van der Waals surface area contributed by atoms with Crippen LogP contribution in [0.5, 0.6) is 0 Å². The van der Waals surface area contributed by atoms with Crippen LogP contribution in [-0.4, -0.2) is 25.3 Å². The van der Waals surface area contributed by atoms with Crippen molar-refractivity contribution in [1.82, 2.24) is 9.13 Å². The van der Waals surface area contributed by atoms with E-state index < -0.39 is 21.6 Å². The molecule has 16 rings (SSSR count). The lowest BCUT2D eigenvalue weighted by molar-refractivity contribution is 0.733. The molecule has 0 bridgehead atoms. The molecular formula is C73H50N2Si2. The van der Waals surface area contributed by atoms with Gasteiger partial charge in [-0.1, -0.05) is 267 Å². The summed E-state index contributed by atoms with van der Waals surface area (Å²) in [4.78, 5) is 0. The van der Waals surface area contributed by atoms with Gasteiger partial charge in [-0.25, -0.2) is 0 Å². The summed E-state index contributed by atoms with van der Waals surface area (Å²) in [5.41, 5.74) is 12.0. The molecule has 4 heterocycles. The highest BCUT2D eigenvalue weighted by Gasteiger charge is 2.57. The topological polar surface area (TPSA) is 9.86 Å². The number of fused-ring (bicyclic) bond motifs is 14. The summed E-state index contributed by atoms with van der Waals surface area (Å²) in [5.74, 6) is 0. The zero-order chi connectivity index (χ0) is 50.7. The molecule has 0 saturated carbocycles. The van der Waals surface area contributed by atoms with Gasteiger partial charge in [0, 0.05) is 27.2 Å². The Morgan fingerprint density at radius 2 is 0.727 bits per heavy atom. The molecule has 2 nitrogen and oxygen atoms in total. The lowest BCUT2D eigenvalue weighted by atomic mass is 9.62. The molecule has 2 aliphatic rings. The summed E-state index contributed by atoms with van der Waals surface area (Å²) >= 11 is 0. The van der Waals surface area contributed by atoms with Crippen molar-refractivity contribution in [2.24, 2.45) is 0 Å². The Morgan fingerprint density at radius 3 is 1.34 bits per heavy atom. The van der Waals surface area contributed by atoms with Crippen LogP contribution < -0.4 is 41.5 Å². The van der Waals surface area contributed by atoms with Crippen molar-refractivity contribution in [3.63, 3.8) is 0 Å². The zero-order valence-corrected chi connectivity index (χ0v) is 44.3. The van der Waals surface area contributed by atoms with Gasteiger partial charge < -0.3 is 9.13 Å². The summed E-state index contributed by atoms with van der Waals surface area (Å²) in [7, 11) is -6.14. The molecule has 0 radical (unpaired) electrons. The number of aromatic nitrogens is 2. The molecular weight excluding hydrogens is 961 g/mol. The van der Waals surface area contributed by atoms with Gasteiger partial charge in [-0.05, 0) is 100 Å². The summed E-state index contributed by atoms with van der Waals surface area (Å²) in [6, 6.07) is 116. The molecule has 1 spiro atoms. The standard InChI is InChI=1S/C73H50N2Si2/c1-6-25-51(26-7-1)74-66-41-20-17-36-59(66)61-49-56(46-48-68(61)74)76(52-27-8-2-9-28-52,53-29-10-3-11-30-53)57-45-47-62-69(50-57)75-67-42-21-16-35-58(67)60-37-24-40-65(72(60)75)73(62)63-38-18-22-43-70(63)77(54-31-12-4-13-32-54,55-33-14-5-15-34-55)71-44-23-19-39-64(71)73/h1-50H. The van der Waals surface area contributed by atoms with Crippen molar-refractivity contribution in [2.75, 3.05) is 0 Å². The van der Waals surface area contributed by atoms with Crippen molar-refractivity contribution in [3.05, 3.63) is 326 Å². The molecule has 2 aliphatic heterocycles. The van der Waals surface area contributed by atoms with E-state index >= 15 is 0 Å². The number of hydrogen-bond donors (Lipinski definition) is 0. The molecule has 360 valence electrons. The van der Waals surface area contributed by atoms with E-state index in [9.17, 15) is 0 Å². The number of para-hydroxylation sites is 4. The van der Waals surface area contributed by atoms with E-state index in [1.54, 1.807) is 0 Å². The number of hydrogen-bond acceptors (Lipinski definition) is 0. The second kappa shape index (κ2) is 16.8. The first kappa shape index (κ1) is 44.0. The average molecular weight is 1010 g/mol. The molecule has 77 heavy (non-hydrogen) atoms. The fourth-order valence-electron chi connectivity index (χ4n) is 14.7. The molecule has 12 aromatic carbocycles. The van der Waals surface area contributed by atoms with Crippen LogP contribution >= 0.6 is 0 Å². The lowest BCUT2D eigenvalue weighted by Crippen LogP contribution is -2.79.